The van der Waals surface area contributed by atoms with Crippen LogP contribution in [0.3, 0.4) is 0 Å². The third kappa shape index (κ3) is 2.91. The highest BCUT2D eigenvalue weighted by Gasteiger charge is 2.42. The normalized spacial score (nSPS) is 31.6. The number of hydrogen-bond donors (Lipinski definition) is 1. The van der Waals surface area contributed by atoms with Crippen LogP contribution in [-0.4, -0.2) is 23.7 Å². The molecule has 1 aromatic carbocycles. The molecule has 2 heterocycles. The van der Waals surface area contributed by atoms with Gasteiger partial charge in [-0.2, -0.15) is 11.8 Å². The molecule has 20 heavy (non-hydrogen) atoms. The van der Waals surface area contributed by atoms with Crippen molar-refractivity contribution in [2.24, 2.45) is 11.7 Å². The summed E-state index contributed by atoms with van der Waals surface area (Å²) < 4.78 is 19.9. The number of nitrogens with two attached hydrogens (primary N) is 1. The maximum absolute atomic E-state index is 13.3. The Bertz CT molecular complexity index is 493. The van der Waals surface area contributed by atoms with Crippen molar-refractivity contribution in [3.8, 4) is 0 Å². The van der Waals surface area contributed by atoms with Crippen LogP contribution in [0.1, 0.15) is 30.9 Å². The summed E-state index contributed by atoms with van der Waals surface area (Å²) in [5.74, 6) is 2.45. The predicted molar refractivity (Wildman–Crippen MR) is 84.4 cm³/mol. The van der Waals surface area contributed by atoms with Crippen LogP contribution in [0.2, 0.25) is 0 Å². The second-order valence-corrected chi connectivity index (χ2v) is 7.75. The van der Waals surface area contributed by atoms with E-state index in [2.05, 4.69) is 15.9 Å². The Labute approximate surface area is 131 Å². The van der Waals surface area contributed by atoms with Crippen LogP contribution in [0.5, 0.6) is 0 Å². The molecule has 3 atom stereocenters. The molecule has 0 radical (unpaired) electrons. The van der Waals surface area contributed by atoms with Gasteiger partial charge in [-0.25, -0.2) is 4.39 Å². The molecular weight excluding hydrogens is 341 g/mol. The topological polar surface area (TPSA) is 35.2 Å². The molecule has 1 spiro atoms. The van der Waals surface area contributed by atoms with Crippen LogP contribution in [0.4, 0.5) is 4.39 Å². The third-order valence-corrected chi connectivity index (χ3v) is 6.27. The lowest BCUT2D eigenvalue weighted by Gasteiger charge is -2.40. The molecule has 2 aliphatic rings. The largest absolute Gasteiger partial charge is 0.374 e. The van der Waals surface area contributed by atoms with Gasteiger partial charge in [0.2, 0.25) is 0 Å². The van der Waals surface area contributed by atoms with Gasteiger partial charge in [-0.3, -0.25) is 0 Å². The standard InChI is InChI=1S/C15H19BrFNOS/c16-12-7-10(1-2-13(12)17)14(18)11-3-5-19-15(8-11)4-6-20-9-15/h1-2,7,11,14H,3-6,8-9,18H2. The zero-order valence-electron chi connectivity index (χ0n) is 11.3. The maximum atomic E-state index is 13.3. The van der Waals surface area contributed by atoms with Gasteiger partial charge in [0.15, 0.2) is 0 Å². The fraction of sp³-hybridized carbons (Fsp3) is 0.600. The second kappa shape index (κ2) is 5.95. The predicted octanol–water partition coefficient (Wildman–Crippen LogP) is 3.89. The monoisotopic (exact) mass is 359 g/mol. The lowest BCUT2D eigenvalue weighted by Crippen LogP contribution is -2.42. The van der Waals surface area contributed by atoms with Gasteiger partial charge < -0.3 is 10.5 Å². The summed E-state index contributed by atoms with van der Waals surface area (Å²) in [4.78, 5) is 0. The highest BCUT2D eigenvalue weighted by atomic mass is 79.9. The summed E-state index contributed by atoms with van der Waals surface area (Å²) in [5.41, 5.74) is 7.48. The van der Waals surface area contributed by atoms with Crippen molar-refractivity contribution in [3.63, 3.8) is 0 Å². The van der Waals surface area contributed by atoms with E-state index in [-0.39, 0.29) is 17.5 Å². The summed E-state index contributed by atoms with van der Waals surface area (Å²) in [6.07, 6.45) is 3.15. The van der Waals surface area contributed by atoms with Crippen LogP contribution in [0.25, 0.3) is 0 Å². The Morgan fingerprint density at radius 3 is 3.05 bits per heavy atom. The summed E-state index contributed by atoms with van der Waals surface area (Å²) >= 11 is 5.21. The highest BCUT2D eigenvalue weighted by Crippen LogP contribution is 2.43. The van der Waals surface area contributed by atoms with Gasteiger partial charge >= 0.3 is 0 Å². The van der Waals surface area contributed by atoms with E-state index in [1.165, 1.54) is 11.8 Å². The first-order chi connectivity index (χ1) is 9.60. The lowest BCUT2D eigenvalue weighted by atomic mass is 9.79. The van der Waals surface area contributed by atoms with Crippen molar-refractivity contribution in [3.05, 3.63) is 34.1 Å². The fourth-order valence-corrected chi connectivity index (χ4v) is 5.00. The molecule has 110 valence electrons. The van der Waals surface area contributed by atoms with Crippen LogP contribution in [0, 0.1) is 11.7 Å². The van der Waals surface area contributed by atoms with Gasteiger partial charge in [0.05, 0.1) is 10.1 Å². The van der Waals surface area contributed by atoms with E-state index < -0.39 is 0 Å². The van der Waals surface area contributed by atoms with Crippen molar-refractivity contribution in [2.45, 2.75) is 30.9 Å². The fourth-order valence-electron chi connectivity index (χ4n) is 3.23. The zero-order valence-corrected chi connectivity index (χ0v) is 13.7. The molecule has 0 bridgehead atoms. The van der Waals surface area contributed by atoms with Crippen LogP contribution >= 0.6 is 27.7 Å². The number of ether oxygens (including phenoxy) is 1. The molecule has 0 saturated carbocycles. The smallest absolute Gasteiger partial charge is 0.137 e. The molecule has 0 amide bonds. The molecule has 3 rings (SSSR count). The first-order valence-electron chi connectivity index (χ1n) is 7.02. The van der Waals surface area contributed by atoms with Crippen LogP contribution in [-0.2, 0) is 4.74 Å². The first-order valence-corrected chi connectivity index (χ1v) is 8.97. The Kier molecular flexibility index (Phi) is 4.41. The van der Waals surface area contributed by atoms with E-state index in [0.717, 1.165) is 37.2 Å². The van der Waals surface area contributed by atoms with Crippen molar-refractivity contribution in [1.29, 1.82) is 0 Å². The molecule has 2 aliphatic heterocycles. The minimum Gasteiger partial charge on any atom is -0.374 e. The number of hydrogen-bond acceptors (Lipinski definition) is 3. The van der Waals surface area contributed by atoms with Gasteiger partial charge in [-0.15, -0.1) is 0 Å². The van der Waals surface area contributed by atoms with Gasteiger partial charge in [0.25, 0.3) is 0 Å². The van der Waals surface area contributed by atoms with Gasteiger partial charge in [0, 0.05) is 18.4 Å². The van der Waals surface area contributed by atoms with E-state index in [9.17, 15) is 4.39 Å². The van der Waals surface area contributed by atoms with Crippen LogP contribution in [0.15, 0.2) is 22.7 Å². The molecule has 2 saturated heterocycles. The molecule has 2 nitrogen and oxygen atoms in total. The maximum Gasteiger partial charge on any atom is 0.137 e. The van der Waals surface area contributed by atoms with E-state index in [0.29, 0.717) is 10.4 Å². The lowest BCUT2D eigenvalue weighted by molar-refractivity contribution is -0.0834. The summed E-state index contributed by atoms with van der Waals surface area (Å²) in [7, 11) is 0. The number of halogens is 2. The third-order valence-electron chi connectivity index (χ3n) is 4.43. The first kappa shape index (κ1) is 14.8. The average Bonchev–Trinajstić information content (AvgIpc) is 2.89. The molecule has 3 unspecified atom stereocenters. The van der Waals surface area contributed by atoms with Crippen molar-refractivity contribution < 1.29 is 9.13 Å². The molecule has 5 heteroatoms. The van der Waals surface area contributed by atoms with Crippen molar-refractivity contribution in [1.82, 2.24) is 0 Å². The molecule has 0 aromatic heterocycles. The van der Waals surface area contributed by atoms with E-state index >= 15 is 0 Å². The van der Waals surface area contributed by atoms with E-state index in [4.69, 9.17) is 10.5 Å². The van der Waals surface area contributed by atoms with Crippen molar-refractivity contribution >= 4 is 27.7 Å². The molecule has 0 aliphatic carbocycles. The second-order valence-electron chi connectivity index (χ2n) is 5.79. The Hall–Kier alpha value is -0.100. The SMILES string of the molecule is NC(c1ccc(F)c(Br)c1)C1CCOC2(CCSC2)C1. The minimum atomic E-state index is -0.239. The quantitative estimate of drug-likeness (QED) is 0.869. The summed E-state index contributed by atoms with van der Waals surface area (Å²) in [6, 6.07) is 5.06. The Balaban J connectivity index is 1.75. The Morgan fingerprint density at radius 2 is 2.35 bits per heavy atom. The molecule has 2 N–H and O–H groups in total. The van der Waals surface area contributed by atoms with E-state index in [1.54, 1.807) is 6.07 Å². The Morgan fingerprint density at radius 1 is 1.50 bits per heavy atom. The number of rotatable bonds is 2. The molecule has 2 fully saturated rings. The van der Waals surface area contributed by atoms with E-state index in [1.807, 2.05) is 17.8 Å². The van der Waals surface area contributed by atoms with Crippen molar-refractivity contribution in [2.75, 3.05) is 18.1 Å². The summed E-state index contributed by atoms with van der Waals surface area (Å²) in [6.45, 7) is 0.793. The minimum absolute atomic E-state index is 0.0433. The van der Waals surface area contributed by atoms with Gasteiger partial charge in [-0.05, 0) is 64.6 Å². The molecular formula is C15H19BrFNOS. The van der Waals surface area contributed by atoms with Gasteiger partial charge in [-0.1, -0.05) is 6.07 Å². The number of thioether (sulfide) groups is 1. The molecule has 1 aromatic rings. The highest BCUT2D eigenvalue weighted by molar-refractivity contribution is 9.10. The zero-order chi connectivity index (χ0) is 14.2. The number of benzene rings is 1. The van der Waals surface area contributed by atoms with Crippen LogP contribution < -0.4 is 5.73 Å². The average molecular weight is 360 g/mol. The van der Waals surface area contributed by atoms with Gasteiger partial charge in [0.1, 0.15) is 5.82 Å². The summed E-state index contributed by atoms with van der Waals surface area (Å²) in [5, 5.41) is 0.